The number of nitrogens with one attached hydrogen (secondary N) is 2. The van der Waals surface area contributed by atoms with Gasteiger partial charge in [-0.15, -0.1) is 0 Å². The van der Waals surface area contributed by atoms with Gasteiger partial charge in [-0.05, 0) is 25.0 Å². The molecule has 0 saturated carbocycles. The monoisotopic (exact) mass is 393 g/mol. The lowest BCUT2D eigenvalue weighted by molar-refractivity contribution is -0.169. The molecule has 2 N–H and O–H groups in total. The summed E-state index contributed by atoms with van der Waals surface area (Å²) in [6.07, 6.45) is 4.75. The van der Waals surface area contributed by atoms with Gasteiger partial charge in [-0.25, -0.2) is 4.98 Å². The van der Waals surface area contributed by atoms with Gasteiger partial charge in [-0.2, -0.15) is 4.98 Å². The van der Waals surface area contributed by atoms with Crippen molar-refractivity contribution in [3.05, 3.63) is 47.8 Å². The molecule has 2 fully saturated rings. The molecule has 0 atom stereocenters. The first kappa shape index (κ1) is 18.4. The van der Waals surface area contributed by atoms with Gasteiger partial charge in [0, 0.05) is 61.3 Å². The van der Waals surface area contributed by atoms with Gasteiger partial charge in [0.25, 0.3) is 0 Å². The Hall–Kier alpha value is -2.64. The fourth-order valence-electron chi connectivity index (χ4n) is 4.30. The Labute approximate surface area is 170 Å². The lowest BCUT2D eigenvalue weighted by atomic mass is 10.0. The molecule has 0 aliphatic carbocycles. The fraction of sp³-hybridized carbons (Fsp3) is 0.455. The average Bonchev–Trinajstić information content (AvgIpc) is 3.36. The number of fused-ring (bicyclic) bond motifs is 1. The van der Waals surface area contributed by atoms with Crippen molar-refractivity contribution >= 4 is 22.7 Å². The Bertz CT molecular complexity index is 986. The summed E-state index contributed by atoms with van der Waals surface area (Å²) in [5, 5.41) is 4.68. The van der Waals surface area contributed by atoms with E-state index in [-0.39, 0.29) is 5.79 Å². The zero-order valence-electron chi connectivity index (χ0n) is 16.8. The highest BCUT2D eigenvalue weighted by molar-refractivity contribution is 5.83. The summed E-state index contributed by atoms with van der Waals surface area (Å²) in [5.41, 5.74) is 3.45. The van der Waals surface area contributed by atoms with E-state index in [1.807, 2.05) is 6.92 Å². The normalized spacial score (nSPS) is 18.6. The summed E-state index contributed by atoms with van der Waals surface area (Å²) >= 11 is 0. The second kappa shape index (κ2) is 7.65. The van der Waals surface area contributed by atoms with Crippen LogP contribution in [0.1, 0.15) is 24.1 Å². The van der Waals surface area contributed by atoms with Crippen LogP contribution in [0.4, 0.5) is 11.8 Å². The summed E-state index contributed by atoms with van der Waals surface area (Å²) in [7, 11) is 0. The molecule has 7 heteroatoms. The van der Waals surface area contributed by atoms with Gasteiger partial charge in [-0.1, -0.05) is 18.2 Å². The second-order valence-corrected chi connectivity index (χ2v) is 7.82. The van der Waals surface area contributed by atoms with E-state index in [9.17, 15) is 0 Å². The molecule has 2 aromatic heterocycles. The van der Waals surface area contributed by atoms with E-state index in [4.69, 9.17) is 14.5 Å². The van der Waals surface area contributed by atoms with Crippen LogP contribution < -0.4 is 10.2 Å². The first-order valence-corrected chi connectivity index (χ1v) is 10.4. The van der Waals surface area contributed by atoms with Crippen molar-refractivity contribution in [1.82, 2.24) is 15.0 Å². The summed E-state index contributed by atoms with van der Waals surface area (Å²) in [5.74, 6) is 1.30. The van der Waals surface area contributed by atoms with Crippen LogP contribution in [0, 0.1) is 6.92 Å². The molecule has 5 rings (SSSR count). The van der Waals surface area contributed by atoms with Crippen molar-refractivity contribution in [2.24, 2.45) is 0 Å². The lowest BCUT2D eigenvalue weighted by Crippen LogP contribution is -2.45. The van der Waals surface area contributed by atoms with Gasteiger partial charge < -0.3 is 24.7 Å². The van der Waals surface area contributed by atoms with Crippen molar-refractivity contribution in [1.29, 1.82) is 0 Å². The van der Waals surface area contributed by atoms with Crippen molar-refractivity contribution in [2.75, 3.05) is 43.1 Å². The quantitative estimate of drug-likeness (QED) is 0.693. The highest BCUT2D eigenvalue weighted by Gasteiger charge is 2.40. The van der Waals surface area contributed by atoms with Crippen molar-refractivity contribution in [2.45, 2.75) is 32.0 Å². The van der Waals surface area contributed by atoms with Crippen LogP contribution in [0.25, 0.3) is 10.9 Å². The molecule has 29 heavy (non-hydrogen) atoms. The summed E-state index contributed by atoms with van der Waals surface area (Å²) in [4.78, 5) is 15.0. The Morgan fingerprint density at radius 2 is 1.93 bits per heavy atom. The molecular weight excluding hydrogens is 366 g/mol. The maximum Gasteiger partial charge on any atom is 0.224 e. The molecule has 1 spiro atoms. The Kier molecular flexibility index (Phi) is 4.85. The molecule has 152 valence electrons. The third-order valence-corrected chi connectivity index (χ3v) is 5.86. The highest BCUT2D eigenvalue weighted by atomic mass is 16.7. The van der Waals surface area contributed by atoms with Gasteiger partial charge in [-0.3, -0.25) is 0 Å². The number of hydrogen-bond donors (Lipinski definition) is 2. The van der Waals surface area contributed by atoms with Gasteiger partial charge in [0.1, 0.15) is 5.82 Å². The summed E-state index contributed by atoms with van der Waals surface area (Å²) < 4.78 is 11.7. The molecule has 0 bridgehead atoms. The number of rotatable bonds is 5. The minimum atomic E-state index is -0.362. The maximum absolute atomic E-state index is 5.84. The van der Waals surface area contributed by atoms with E-state index in [2.05, 4.69) is 56.7 Å². The standard InChI is InChI=1S/C22H27N5O2/c1-16-14-20(27-10-7-22(8-11-27)28-12-13-29-22)26-21(25-16)23-9-6-17-15-24-19-5-3-2-4-18(17)19/h2-5,14-15,24H,6-13H2,1H3,(H,23,25,26). The largest absolute Gasteiger partial charge is 0.361 e. The topological polar surface area (TPSA) is 75.3 Å². The SMILES string of the molecule is Cc1cc(N2CCC3(CC2)OCCO3)nc(NCCc2c[nH]c3ccccc23)n1. The van der Waals surface area contributed by atoms with Gasteiger partial charge in [0.2, 0.25) is 5.95 Å². The van der Waals surface area contributed by atoms with Crippen LogP contribution in [0.2, 0.25) is 0 Å². The number of H-pyrrole nitrogens is 1. The van der Waals surface area contributed by atoms with E-state index in [0.717, 1.165) is 50.4 Å². The molecule has 0 unspecified atom stereocenters. The number of nitrogens with zero attached hydrogens (tertiary/aromatic N) is 3. The molecule has 2 aliphatic heterocycles. The number of anilines is 2. The van der Waals surface area contributed by atoms with E-state index >= 15 is 0 Å². The highest BCUT2D eigenvalue weighted by Crippen LogP contribution is 2.33. The predicted octanol–water partition coefficient (Wildman–Crippen LogP) is 3.26. The number of ether oxygens (including phenoxy) is 2. The van der Waals surface area contributed by atoms with Crippen LogP contribution in [0.5, 0.6) is 0 Å². The van der Waals surface area contributed by atoms with E-state index in [0.29, 0.717) is 19.2 Å². The average molecular weight is 393 g/mol. The molecule has 1 aromatic carbocycles. The van der Waals surface area contributed by atoms with Crippen molar-refractivity contribution in [3.8, 4) is 0 Å². The molecule has 2 aliphatic rings. The summed E-state index contributed by atoms with van der Waals surface area (Å²) in [6.45, 7) is 5.98. The Morgan fingerprint density at radius 3 is 2.76 bits per heavy atom. The molecular formula is C22H27N5O2. The molecule has 2 saturated heterocycles. The number of benzene rings is 1. The first-order chi connectivity index (χ1) is 14.2. The van der Waals surface area contributed by atoms with E-state index < -0.39 is 0 Å². The number of para-hydroxylation sites is 1. The second-order valence-electron chi connectivity index (χ2n) is 7.82. The number of piperidine rings is 1. The van der Waals surface area contributed by atoms with Crippen LogP contribution in [0.3, 0.4) is 0 Å². The number of aryl methyl sites for hydroxylation is 1. The Morgan fingerprint density at radius 1 is 1.14 bits per heavy atom. The number of aromatic nitrogens is 3. The van der Waals surface area contributed by atoms with Crippen LogP contribution >= 0.6 is 0 Å². The minimum absolute atomic E-state index is 0.362. The molecule has 4 heterocycles. The van der Waals surface area contributed by atoms with Crippen LogP contribution in [-0.4, -0.2) is 53.6 Å². The van der Waals surface area contributed by atoms with Crippen molar-refractivity contribution in [3.63, 3.8) is 0 Å². The van der Waals surface area contributed by atoms with E-state index in [1.165, 1.54) is 16.5 Å². The predicted molar refractivity (Wildman–Crippen MR) is 113 cm³/mol. The van der Waals surface area contributed by atoms with Crippen LogP contribution in [0.15, 0.2) is 36.5 Å². The first-order valence-electron chi connectivity index (χ1n) is 10.4. The molecule has 0 amide bonds. The number of aromatic amines is 1. The zero-order chi connectivity index (χ0) is 19.7. The summed E-state index contributed by atoms with van der Waals surface area (Å²) in [6, 6.07) is 10.4. The molecule has 0 radical (unpaired) electrons. The van der Waals surface area contributed by atoms with Gasteiger partial charge >= 0.3 is 0 Å². The Balaban J connectivity index is 1.23. The van der Waals surface area contributed by atoms with Gasteiger partial charge in [0.05, 0.1) is 13.2 Å². The van der Waals surface area contributed by atoms with E-state index in [1.54, 1.807) is 0 Å². The third kappa shape index (κ3) is 3.80. The zero-order valence-corrected chi connectivity index (χ0v) is 16.8. The lowest BCUT2D eigenvalue weighted by Gasteiger charge is -2.38. The smallest absolute Gasteiger partial charge is 0.224 e. The minimum Gasteiger partial charge on any atom is -0.361 e. The molecule has 7 nitrogen and oxygen atoms in total. The fourth-order valence-corrected chi connectivity index (χ4v) is 4.30. The third-order valence-electron chi connectivity index (χ3n) is 5.86. The van der Waals surface area contributed by atoms with Crippen molar-refractivity contribution < 1.29 is 9.47 Å². The molecule has 3 aromatic rings. The van der Waals surface area contributed by atoms with Crippen LogP contribution in [-0.2, 0) is 15.9 Å². The number of hydrogen-bond acceptors (Lipinski definition) is 6. The van der Waals surface area contributed by atoms with Gasteiger partial charge in [0.15, 0.2) is 5.79 Å². The maximum atomic E-state index is 5.84.